The molecule has 0 aromatic heterocycles. The van der Waals surface area contributed by atoms with Gasteiger partial charge in [-0.15, -0.1) is 11.8 Å². The molecule has 4 heteroatoms. The molecule has 0 bridgehead atoms. The molecule has 1 amide bonds. The molecule has 3 aromatic carbocycles. The van der Waals surface area contributed by atoms with Crippen LogP contribution < -0.4 is 5.32 Å². The molecule has 3 aromatic rings. The fraction of sp³-hybridized carbons (Fsp3) is 0.150. The topological polar surface area (TPSA) is 29.1 Å². The van der Waals surface area contributed by atoms with Crippen molar-refractivity contribution in [3.05, 3.63) is 78.1 Å². The highest BCUT2D eigenvalue weighted by Crippen LogP contribution is 2.23. The number of rotatable bonds is 5. The van der Waals surface area contributed by atoms with Gasteiger partial charge in [0.1, 0.15) is 5.82 Å². The zero-order valence-electron chi connectivity index (χ0n) is 13.3. The lowest BCUT2D eigenvalue weighted by atomic mass is 10.1. The lowest BCUT2D eigenvalue weighted by Gasteiger charge is -2.14. The van der Waals surface area contributed by atoms with Crippen LogP contribution in [-0.2, 0) is 4.79 Å². The molecule has 122 valence electrons. The van der Waals surface area contributed by atoms with Crippen LogP contribution in [0.4, 0.5) is 4.39 Å². The van der Waals surface area contributed by atoms with Crippen molar-refractivity contribution in [2.45, 2.75) is 17.9 Å². The molecule has 0 fully saturated rings. The van der Waals surface area contributed by atoms with Crippen LogP contribution in [0.2, 0.25) is 0 Å². The molecular formula is C20H18FNOS. The number of amides is 1. The third-order valence-electron chi connectivity index (χ3n) is 3.84. The molecule has 2 nitrogen and oxygen atoms in total. The second-order valence-corrected chi connectivity index (χ2v) is 6.69. The molecule has 0 saturated heterocycles. The normalized spacial score (nSPS) is 12.1. The van der Waals surface area contributed by atoms with E-state index < -0.39 is 0 Å². The molecule has 0 saturated carbocycles. The van der Waals surface area contributed by atoms with E-state index in [1.54, 1.807) is 12.1 Å². The highest BCUT2D eigenvalue weighted by Gasteiger charge is 2.10. The van der Waals surface area contributed by atoms with E-state index in [9.17, 15) is 9.18 Å². The van der Waals surface area contributed by atoms with Gasteiger partial charge in [0.15, 0.2) is 0 Å². The largest absolute Gasteiger partial charge is 0.349 e. The third-order valence-corrected chi connectivity index (χ3v) is 4.83. The summed E-state index contributed by atoms with van der Waals surface area (Å²) < 4.78 is 12.9. The first-order chi connectivity index (χ1) is 11.6. The first-order valence-corrected chi connectivity index (χ1v) is 8.77. The molecule has 0 aliphatic heterocycles. The summed E-state index contributed by atoms with van der Waals surface area (Å²) in [5.41, 5.74) is 0.889. The van der Waals surface area contributed by atoms with Gasteiger partial charge in [0.2, 0.25) is 5.91 Å². The number of hydrogen-bond donors (Lipinski definition) is 1. The summed E-state index contributed by atoms with van der Waals surface area (Å²) in [5.74, 6) is 0.0401. The van der Waals surface area contributed by atoms with Crippen LogP contribution in [0.3, 0.4) is 0 Å². The second kappa shape index (κ2) is 7.49. The fourth-order valence-electron chi connectivity index (χ4n) is 2.52. The summed E-state index contributed by atoms with van der Waals surface area (Å²) in [4.78, 5) is 13.2. The molecular weight excluding hydrogens is 321 g/mol. The van der Waals surface area contributed by atoms with Crippen molar-refractivity contribution in [2.24, 2.45) is 0 Å². The summed E-state index contributed by atoms with van der Waals surface area (Å²) in [7, 11) is 0. The Morgan fingerprint density at radius 1 is 1.04 bits per heavy atom. The van der Waals surface area contributed by atoms with Crippen LogP contribution in [0.5, 0.6) is 0 Å². The lowest BCUT2D eigenvalue weighted by Crippen LogP contribution is -2.28. The van der Waals surface area contributed by atoms with Gasteiger partial charge < -0.3 is 5.32 Å². The summed E-state index contributed by atoms with van der Waals surface area (Å²) >= 11 is 1.51. The Kier molecular flexibility index (Phi) is 5.16. The van der Waals surface area contributed by atoms with E-state index in [0.29, 0.717) is 5.75 Å². The molecule has 0 aliphatic carbocycles. The molecule has 3 rings (SSSR count). The SMILES string of the molecule is CC(NC(=O)CSc1ccc2ccccc2c1)c1ccc(F)cc1. The summed E-state index contributed by atoms with van der Waals surface area (Å²) in [6.45, 7) is 1.89. The molecule has 0 aliphatic rings. The Bertz CT molecular complexity index is 848. The van der Waals surface area contributed by atoms with E-state index in [0.717, 1.165) is 10.5 Å². The van der Waals surface area contributed by atoms with Crippen LogP contribution in [0.25, 0.3) is 10.8 Å². The monoisotopic (exact) mass is 339 g/mol. The van der Waals surface area contributed by atoms with Crippen molar-refractivity contribution in [3.63, 3.8) is 0 Å². The first-order valence-electron chi connectivity index (χ1n) is 7.78. The Hall–Kier alpha value is -2.33. The number of fused-ring (bicyclic) bond motifs is 1. The molecule has 24 heavy (non-hydrogen) atoms. The van der Waals surface area contributed by atoms with Gasteiger partial charge in [-0.05, 0) is 47.5 Å². The highest BCUT2D eigenvalue weighted by atomic mass is 32.2. The predicted molar refractivity (Wildman–Crippen MR) is 97.6 cm³/mol. The van der Waals surface area contributed by atoms with Gasteiger partial charge in [0.25, 0.3) is 0 Å². The second-order valence-electron chi connectivity index (χ2n) is 5.64. The predicted octanol–water partition coefficient (Wildman–Crippen LogP) is 4.95. The van der Waals surface area contributed by atoms with Crippen molar-refractivity contribution >= 4 is 28.4 Å². The van der Waals surface area contributed by atoms with E-state index in [4.69, 9.17) is 0 Å². The van der Waals surface area contributed by atoms with Crippen molar-refractivity contribution in [2.75, 3.05) is 5.75 Å². The fourth-order valence-corrected chi connectivity index (χ4v) is 3.28. The van der Waals surface area contributed by atoms with E-state index in [2.05, 4.69) is 29.6 Å². The number of carbonyl (C=O) groups is 1. The van der Waals surface area contributed by atoms with Gasteiger partial charge in [-0.1, -0.05) is 42.5 Å². The van der Waals surface area contributed by atoms with Gasteiger partial charge in [-0.3, -0.25) is 4.79 Å². The molecule has 0 heterocycles. The number of halogens is 1. The van der Waals surface area contributed by atoms with Gasteiger partial charge in [-0.2, -0.15) is 0 Å². The number of carbonyl (C=O) groups excluding carboxylic acids is 1. The zero-order valence-corrected chi connectivity index (χ0v) is 14.1. The average molecular weight is 339 g/mol. The molecule has 1 unspecified atom stereocenters. The van der Waals surface area contributed by atoms with Gasteiger partial charge in [0, 0.05) is 4.90 Å². The van der Waals surface area contributed by atoms with Crippen molar-refractivity contribution in [1.29, 1.82) is 0 Å². The molecule has 0 radical (unpaired) electrons. The van der Waals surface area contributed by atoms with E-state index >= 15 is 0 Å². The average Bonchev–Trinajstić information content (AvgIpc) is 2.60. The maximum atomic E-state index is 12.9. The quantitative estimate of drug-likeness (QED) is 0.667. The van der Waals surface area contributed by atoms with Gasteiger partial charge in [-0.25, -0.2) is 4.39 Å². The van der Waals surface area contributed by atoms with Gasteiger partial charge >= 0.3 is 0 Å². The van der Waals surface area contributed by atoms with Crippen LogP contribution in [0.15, 0.2) is 71.6 Å². The Morgan fingerprint density at radius 3 is 2.50 bits per heavy atom. The Morgan fingerprint density at radius 2 is 1.75 bits per heavy atom. The lowest BCUT2D eigenvalue weighted by molar-refractivity contribution is -0.119. The number of thioether (sulfide) groups is 1. The van der Waals surface area contributed by atoms with E-state index in [1.165, 1.54) is 34.7 Å². The number of benzene rings is 3. The Labute approximate surface area is 145 Å². The minimum absolute atomic E-state index is 0.0371. The maximum absolute atomic E-state index is 12.9. The van der Waals surface area contributed by atoms with Crippen molar-refractivity contribution in [1.82, 2.24) is 5.32 Å². The third kappa shape index (κ3) is 4.15. The van der Waals surface area contributed by atoms with E-state index in [-0.39, 0.29) is 17.8 Å². The number of hydrogen-bond acceptors (Lipinski definition) is 2. The molecule has 0 spiro atoms. The summed E-state index contributed by atoms with van der Waals surface area (Å²) in [5, 5.41) is 5.30. The minimum atomic E-state index is -0.274. The van der Waals surface area contributed by atoms with Gasteiger partial charge in [0.05, 0.1) is 11.8 Å². The zero-order chi connectivity index (χ0) is 16.9. The van der Waals surface area contributed by atoms with Crippen LogP contribution >= 0.6 is 11.8 Å². The maximum Gasteiger partial charge on any atom is 0.230 e. The van der Waals surface area contributed by atoms with Crippen molar-refractivity contribution in [3.8, 4) is 0 Å². The standard InChI is InChI=1S/C20H18FNOS/c1-14(15-6-9-18(21)10-7-15)22-20(23)13-24-19-11-8-16-4-2-3-5-17(16)12-19/h2-12,14H,13H2,1H3,(H,22,23). The summed E-state index contributed by atoms with van der Waals surface area (Å²) in [6, 6.07) is 20.4. The van der Waals surface area contributed by atoms with Crippen LogP contribution in [0, 0.1) is 5.82 Å². The first kappa shape index (κ1) is 16.5. The molecule has 1 N–H and O–H groups in total. The van der Waals surface area contributed by atoms with Crippen LogP contribution in [-0.4, -0.2) is 11.7 Å². The summed E-state index contributed by atoms with van der Waals surface area (Å²) in [6.07, 6.45) is 0. The smallest absolute Gasteiger partial charge is 0.230 e. The Balaban J connectivity index is 1.57. The molecule has 1 atom stereocenters. The van der Waals surface area contributed by atoms with Crippen molar-refractivity contribution < 1.29 is 9.18 Å². The highest BCUT2D eigenvalue weighted by molar-refractivity contribution is 8.00. The van der Waals surface area contributed by atoms with E-state index in [1.807, 2.05) is 25.1 Å². The minimum Gasteiger partial charge on any atom is -0.349 e. The number of nitrogens with one attached hydrogen (secondary N) is 1. The van der Waals surface area contributed by atoms with Crippen LogP contribution in [0.1, 0.15) is 18.5 Å².